The molecule has 2 aliphatic rings. The highest BCUT2D eigenvalue weighted by Crippen LogP contribution is 2.31. The van der Waals surface area contributed by atoms with Crippen LogP contribution in [-0.4, -0.2) is 36.7 Å². The third kappa shape index (κ3) is 4.45. The highest BCUT2D eigenvalue weighted by Gasteiger charge is 2.33. The van der Waals surface area contributed by atoms with Gasteiger partial charge in [-0.05, 0) is 64.0 Å². The third-order valence-corrected chi connectivity index (χ3v) is 9.23. The number of piperidine rings is 1. The van der Waals surface area contributed by atoms with E-state index in [9.17, 15) is 13.2 Å². The predicted octanol–water partition coefficient (Wildman–Crippen LogP) is 4.07. The Kier molecular flexibility index (Phi) is 6.27. The van der Waals surface area contributed by atoms with Crippen molar-refractivity contribution in [3.8, 4) is 0 Å². The SMILES string of the molecule is Cc1ccc(S(=O)(=O)N2CCC(C(=O)Nc3nc4c(s3)CCCCC4)CC2)c(C)c1. The monoisotopic (exact) mass is 447 g/mol. The maximum Gasteiger partial charge on any atom is 0.243 e. The van der Waals surface area contributed by atoms with E-state index in [0.717, 1.165) is 36.1 Å². The molecule has 1 saturated heterocycles. The minimum atomic E-state index is -3.53. The van der Waals surface area contributed by atoms with Gasteiger partial charge in [0.1, 0.15) is 0 Å². The van der Waals surface area contributed by atoms with E-state index in [-0.39, 0.29) is 11.8 Å². The Balaban J connectivity index is 1.37. The first-order valence-corrected chi connectivity index (χ1v) is 13.0. The van der Waals surface area contributed by atoms with Crippen LogP contribution in [0.3, 0.4) is 0 Å². The van der Waals surface area contributed by atoms with Gasteiger partial charge in [-0.15, -0.1) is 11.3 Å². The molecule has 1 aliphatic heterocycles. The van der Waals surface area contributed by atoms with E-state index >= 15 is 0 Å². The fourth-order valence-corrected chi connectivity index (χ4v) is 7.10. The minimum absolute atomic E-state index is 0.0394. The first-order valence-electron chi connectivity index (χ1n) is 10.7. The second-order valence-electron chi connectivity index (χ2n) is 8.39. The van der Waals surface area contributed by atoms with Crippen LogP contribution in [0, 0.1) is 19.8 Å². The lowest BCUT2D eigenvalue weighted by Crippen LogP contribution is -2.41. The molecule has 2 aromatic rings. The number of aromatic nitrogens is 1. The molecule has 1 aromatic carbocycles. The Morgan fingerprint density at radius 2 is 1.87 bits per heavy atom. The minimum Gasteiger partial charge on any atom is -0.302 e. The van der Waals surface area contributed by atoms with Gasteiger partial charge in [-0.1, -0.05) is 24.1 Å². The van der Waals surface area contributed by atoms with Gasteiger partial charge in [0, 0.05) is 23.9 Å². The van der Waals surface area contributed by atoms with Gasteiger partial charge in [0.05, 0.1) is 10.6 Å². The summed E-state index contributed by atoms with van der Waals surface area (Å²) >= 11 is 1.60. The molecule has 0 atom stereocenters. The van der Waals surface area contributed by atoms with Gasteiger partial charge < -0.3 is 5.32 Å². The van der Waals surface area contributed by atoms with Crippen molar-refractivity contribution in [3.63, 3.8) is 0 Å². The molecular weight excluding hydrogens is 418 g/mol. The maximum absolute atomic E-state index is 13.0. The average Bonchev–Trinajstić information content (AvgIpc) is 2.95. The number of carbonyl (C=O) groups excluding carboxylic acids is 1. The van der Waals surface area contributed by atoms with Gasteiger partial charge in [-0.2, -0.15) is 4.31 Å². The summed E-state index contributed by atoms with van der Waals surface area (Å²) in [6, 6.07) is 5.41. The summed E-state index contributed by atoms with van der Waals surface area (Å²) in [6.45, 7) is 4.51. The lowest BCUT2D eigenvalue weighted by molar-refractivity contribution is -0.120. The highest BCUT2D eigenvalue weighted by molar-refractivity contribution is 7.89. The Hall–Kier alpha value is -1.77. The Labute approximate surface area is 182 Å². The quantitative estimate of drug-likeness (QED) is 0.717. The van der Waals surface area contributed by atoms with Gasteiger partial charge in [-0.25, -0.2) is 13.4 Å². The Bertz CT molecular complexity index is 1010. The van der Waals surface area contributed by atoms with Crippen molar-refractivity contribution in [2.75, 3.05) is 18.4 Å². The van der Waals surface area contributed by atoms with Crippen LogP contribution in [0.1, 0.15) is 53.8 Å². The van der Waals surface area contributed by atoms with Crippen LogP contribution in [0.5, 0.6) is 0 Å². The zero-order valence-electron chi connectivity index (χ0n) is 17.6. The number of amides is 1. The standard InChI is InChI=1S/C22H29N3O3S2/c1-15-8-9-20(16(2)14-15)30(27,28)25-12-10-17(11-13-25)21(26)24-22-23-18-6-4-3-5-7-19(18)29-22/h8-9,14,17H,3-7,10-13H2,1-2H3,(H,23,24,26). The molecule has 2 heterocycles. The number of thiazole rings is 1. The number of fused-ring (bicyclic) bond motifs is 1. The van der Waals surface area contributed by atoms with Crippen LogP contribution in [0.15, 0.2) is 23.1 Å². The van der Waals surface area contributed by atoms with Crippen LogP contribution in [0.25, 0.3) is 0 Å². The first kappa shape index (κ1) is 21.5. The number of hydrogen-bond donors (Lipinski definition) is 1. The zero-order chi connectivity index (χ0) is 21.3. The number of sulfonamides is 1. The highest BCUT2D eigenvalue weighted by atomic mass is 32.2. The number of nitrogens with zero attached hydrogens (tertiary/aromatic N) is 2. The third-order valence-electron chi connectivity index (χ3n) is 6.10. The van der Waals surface area contributed by atoms with E-state index in [0.29, 0.717) is 36.0 Å². The fourth-order valence-electron chi connectivity index (χ4n) is 4.38. The van der Waals surface area contributed by atoms with Gasteiger partial charge in [-0.3, -0.25) is 4.79 Å². The zero-order valence-corrected chi connectivity index (χ0v) is 19.2. The molecule has 4 rings (SSSR count). The van der Waals surface area contributed by atoms with E-state index in [2.05, 4.69) is 10.3 Å². The number of benzene rings is 1. The van der Waals surface area contributed by atoms with Gasteiger partial charge in [0.25, 0.3) is 0 Å². The smallest absolute Gasteiger partial charge is 0.243 e. The molecule has 1 aliphatic carbocycles. The molecule has 0 saturated carbocycles. The summed E-state index contributed by atoms with van der Waals surface area (Å²) in [5.41, 5.74) is 2.95. The molecule has 1 fully saturated rings. The molecule has 6 nitrogen and oxygen atoms in total. The van der Waals surface area contributed by atoms with E-state index in [1.165, 1.54) is 22.0 Å². The number of anilines is 1. The number of aryl methyl sites for hydroxylation is 4. The summed E-state index contributed by atoms with van der Waals surface area (Å²) in [5, 5.41) is 3.68. The average molecular weight is 448 g/mol. The molecule has 8 heteroatoms. The van der Waals surface area contributed by atoms with E-state index < -0.39 is 10.0 Å². The molecular formula is C22H29N3O3S2. The van der Waals surface area contributed by atoms with Gasteiger partial charge >= 0.3 is 0 Å². The van der Waals surface area contributed by atoms with Crippen molar-refractivity contribution in [1.29, 1.82) is 0 Å². The molecule has 1 aromatic heterocycles. The molecule has 1 amide bonds. The van der Waals surface area contributed by atoms with Gasteiger partial charge in [0.15, 0.2) is 5.13 Å². The lowest BCUT2D eigenvalue weighted by atomic mass is 9.97. The largest absolute Gasteiger partial charge is 0.302 e. The van der Waals surface area contributed by atoms with Crippen LogP contribution < -0.4 is 5.32 Å². The lowest BCUT2D eigenvalue weighted by Gasteiger charge is -2.30. The summed E-state index contributed by atoms with van der Waals surface area (Å²) in [6.07, 6.45) is 6.71. The number of nitrogens with one attached hydrogen (secondary N) is 1. The molecule has 0 unspecified atom stereocenters. The Morgan fingerprint density at radius 3 is 2.60 bits per heavy atom. The molecule has 0 bridgehead atoms. The first-order chi connectivity index (χ1) is 14.3. The van der Waals surface area contributed by atoms with Crippen LogP contribution in [0.4, 0.5) is 5.13 Å². The van der Waals surface area contributed by atoms with Crippen LogP contribution in [0.2, 0.25) is 0 Å². The second-order valence-corrected chi connectivity index (χ2v) is 11.4. The van der Waals surface area contributed by atoms with E-state index in [4.69, 9.17) is 0 Å². The van der Waals surface area contributed by atoms with Crippen molar-refractivity contribution < 1.29 is 13.2 Å². The van der Waals surface area contributed by atoms with E-state index in [1.54, 1.807) is 17.4 Å². The van der Waals surface area contributed by atoms with E-state index in [1.807, 2.05) is 26.0 Å². The molecule has 0 spiro atoms. The number of hydrogen-bond acceptors (Lipinski definition) is 5. The Morgan fingerprint density at radius 1 is 1.13 bits per heavy atom. The van der Waals surface area contributed by atoms with Crippen LogP contribution in [-0.2, 0) is 27.7 Å². The van der Waals surface area contributed by atoms with Crippen molar-refractivity contribution in [1.82, 2.24) is 9.29 Å². The van der Waals surface area contributed by atoms with Crippen molar-refractivity contribution in [2.45, 2.75) is 63.7 Å². The summed E-state index contributed by atoms with van der Waals surface area (Å²) in [4.78, 5) is 19.1. The number of carbonyl (C=O) groups is 1. The molecule has 162 valence electrons. The number of rotatable bonds is 4. The summed E-state index contributed by atoms with van der Waals surface area (Å²) < 4.78 is 27.6. The summed E-state index contributed by atoms with van der Waals surface area (Å²) in [7, 11) is -3.53. The summed E-state index contributed by atoms with van der Waals surface area (Å²) in [5.74, 6) is -0.221. The normalized spacial score (nSPS) is 18.6. The maximum atomic E-state index is 13.0. The fraction of sp³-hybridized carbons (Fsp3) is 0.545. The topological polar surface area (TPSA) is 79.4 Å². The van der Waals surface area contributed by atoms with Gasteiger partial charge in [0.2, 0.25) is 15.9 Å². The van der Waals surface area contributed by atoms with Crippen molar-refractivity contribution in [2.24, 2.45) is 5.92 Å². The van der Waals surface area contributed by atoms with Crippen molar-refractivity contribution in [3.05, 3.63) is 39.9 Å². The predicted molar refractivity (Wildman–Crippen MR) is 119 cm³/mol. The van der Waals surface area contributed by atoms with Crippen molar-refractivity contribution >= 4 is 32.4 Å². The molecule has 30 heavy (non-hydrogen) atoms. The van der Waals surface area contributed by atoms with Crippen LogP contribution >= 0.6 is 11.3 Å². The molecule has 1 N–H and O–H groups in total. The second kappa shape index (κ2) is 8.77. The molecule has 0 radical (unpaired) electrons.